The maximum atomic E-state index is 13.3. The van der Waals surface area contributed by atoms with E-state index < -0.39 is 6.04 Å². The molecule has 1 saturated carbocycles. The fourth-order valence-electron chi connectivity index (χ4n) is 3.96. The number of carbonyl (C=O) groups excluding carboxylic acids is 2. The van der Waals surface area contributed by atoms with Crippen LogP contribution in [0.25, 0.3) is 0 Å². The van der Waals surface area contributed by atoms with Crippen LogP contribution in [0.4, 0.5) is 0 Å². The molecule has 4 nitrogen and oxygen atoms in total. The van der Waals surface area contributed by atoms with E-state index in [-0.39, 0.29) is 23.6 Å². The maximum Gasteiger partial charge on any atom is 0.243 e. The SMILES string of the molecule is CCC(C(=O)NC1CCCC1)N(Cc1ccccc1Cl)C(=O)CSc1ccc(C)cc1. The third-order valence-corrected chi connectivity index (χ3v) is 7.13. The van der Waals surface area contributed by atoms with Gasteiger partial charge in [-0.15, -0.1) is 11.8 Å². The lowest BCUT2D eigenvalue weighted by molar-refractivity contribution is -0.139. The van der Waals surface area contributed by atoms with Gasteiger partial charge < -0.3 is 10.2 Å². The van der Waals surface area contributed by atoms with Crippen LogP contribution in [0.3, 0.4) is 0 Å². The number of benzene rings is 2. The Balaban J connectivity index is 1.76. The topological polar surface area (TPSA) is 49.4 Å². The third kappa shape index (κ3) is 6.75. The first-order chi connectivity index (χ1) is 15.0. The van der Waals surface area contributed by atoms with Crippen LogP contribution in [0.5, 0.6) is 0 Å². The minimum absolute atomic E-state index is 0.0566. The van der Waals surface area contributed by atoms with E-state index in [1.165, 1.54) is 17.3 Å². The van der Waals surface area contributed by atoms with Gasteiger partial charge in [0.25, 0.3) is 0 Å². The summed E-state index contributed by atoms with van der Waals surface area (Å²) in [6, 6.07) is 15.3. The Morgan fingerprint density at radius 3 is 2.45 bits per heavy atom. The molecule has 0 radical (unpaired) electrons. The summed E-state index contributed by atoms with van der Waals surface area (Å²) in [4.78, 5) is 29.2. The highest BCUT2D eigenvalue weighted by Crippen LogP contribution is 2.24. The van der Waals surface area contributed by atoms with Gasteiger partial charge in [0, 0.05) is 22.5 Å². The Morgan fingerprint density at radius 2 is 1.81 bits per heavy atom. The average Bonchev–Trinajstić information content (AvgIpc) is 3.27. The lowest BCUT2D eigenvalue weighted by atomic mass is 10.1. The highest BCUT2D eigenvalue weighted by molar-refractivity contribution is 8.00. The first kappa shape index (κ1) is 23.7. The molecule has 0 aromatic heterocycles. The van der Waals surface area contributed by atoms with Crippen molar-refractivity contribution in [3.8, 4) is 0 Å². The molecular formula is C25H31ClN2O2S. The number of nitrogens with zero attached hydrogens (tertiary/aromatic N) is 1. The van der Waals surface area contributed by atoms with Gasteiger partial charge in [0.2, 0.25) is 11.8 Å². The molecule has 0 aliphatic heterocycles. The second-order valence-corrected chi connectivity index (χ2v) is 9.58. The largest absolute Gasteiger partial charge is 0.352 e. The minimum Gasteiger partial charge on any atom is -0.352 e. The fourth-order valence-corrected chi connectivity index (χ4v) is 4.94. The van der Waals surface area contributed by atoms with Gasteiger partial charge in [-0.2, -0.15) is 0 Å². The van der Waals surface area contributed by atoms with E-state index in [9.17, 15) is 9.59 Å². The van der Waals surface area contributed by atoms with Gasteiger partial charge in [0.05, 0.1) is 5.75 Å². The molecular weight excluding hydrogens is 428 g/mol. The molecule has 31 heavy (non-hydrogen) atoms. The number of hydrogen-bond acceptors (Lipinski definition) is 3. The Labute approximate surface area is 194 Å². The lowest BCUT2D eigenvalue weighted by Gasteiger charge is -2.31. The quantitative estimate of drug-likeness (QED) is 0.497. The van der Waals surface area contributed by atoms with E-state index in [4.69, 9.17) is 11.6 Å². The van der Waals surface area contributed by atoms with Crippen LogP contribution in [0.2, 0.25) is 5.02 Å². The van der Waals surface area contributed by atoms with Crippen LogP contribution in [0.15, 0.2) is 53.4 Å². The normalized spacial score (nSPS) is 14.9. The lowest BCUT2D eigenvalue weighted by Crippen LogP contribution is -2.51. The van der Waals surface area contributed by atoms with Gasteiger partial charge in [-0.1, -0.05) is 67.3 Å². The van der Waals surface area contributed by atoms with Gasteiger partial charge in [-0.05, 0) is 49.9 Å². The predicted octanol–water partition coefficient (Wildman–Crippen LogP) is 5.61. The molecule has 1 unspecified atom stereocenters. The Bertz CT molecular complexity index is 881. The minimum atomic E-state index is -0.511. The molecule has 1 fully saturated rings. The maximum absolute atomic E-state index is 13.3. The van der Waals surface area contributed by atoms with Crippen LogP contribution in [-0.2, 0) is 16.1 Å². The van der Waals surface area contributed by atoms with E-state index >= 15 is 0 Å². The zero-order chi connectivity index (χ0) is 22.2. The molecule has 0 spiro atoms. The first-order valence-electron chi connectivity index (χ1n) is 11.0. The number of thioether (sulfide) groups is 1. The highest BCUT2D eigenvalue weighted by Gasteiger charge is 2.30. The molecule has 1 atom stereocenters. The molecule has 1 N–H and O–H groups in total. The zero-order valence-electron chi connectivity index (χ0n) is 18.3. The van der Waals surface area contributed by atoms with Gasteiger partial charge in [0.1, 0.15) is 6.04 Å². The molecule has 6 heteroatoms. The number of aryl methyl sites for hydroxylation is 1. The zero-order valence-corrected chi connectivity index (χ0v) is 19.8. The second kappa shape index (κ2) is 11.6. The number of nitrogens with one attached hydrogen (secondary N) is 1. The van der Waals surface area contributed by atoms with E-state index in [0.717, 1.165) is 36.1 Å². The summed E-state index contributed by atoms with van der Waals surface area (Å²) in [5.74, 6) is 0.162. The van der Waals surface area contributed by atoms with Crippen molar-refractivity contribution < 1.29 is 9.59 Å². The van der Waals surface area contributed by atoms with E-state index in [1.807, 2.05) is 62.4 Å². The van der Waals surface area contributed by atoms with Crippen molar-refractivity contribution in [2.24, 2.45) is 0 Å². The standard InChI is InChI=1S/C25H31ClN2O2S/c1-3-23(25(30)27-20-9-5-6-10-20)28(16-19-8-4-7-11-22(19)26)24(29)17-31-21-14-12-18(2)13-15-21/h4,7-8,11-15,20,23H,3,5-6,9-10,16-17H2,1-2H3,(H,27,30). The van der Waals surface area contributed by atoms with Crippen molar-refractivity contribution in [3.05, 3.63) is 64.7 Å². The number of rotatable bonds is 9. The van der Waals surface area contributed by atoms with Crippen molar-refractivity contribution in [1.29, 1.82) is 0 Å². The Morgan fingerprint density at radius 1 is 1.13 bits per heavy atom. The summed E-state index contributed by atoms with van der Waals surface area (Å²) in [6.45, 7) is 4.32. The van der Waals surface area contributed by atoms with Gasteiger partial charge in [-0.25, -0.2) is 0 Å². The van der Waals surface area contributed by atoms with Crippen LogP contribution in [-0.4, -0.2) is 34.6 Å². The molecule has 2 aromatic carbocycles. The molecule has 166 valence electrons. The molecule has 3 rings (SSSR count). The van der Waals surface area contributed by atoms with Crippen LogP contribution in [0.1, 0.15) is 50.2 Å². The van der Waals surface area contributed by atoms with Crippen molar-refractivity contribution in [2.75, 3.05) is 5.75 Å². The van der Waals surface area contributed by atoms with Crippen molar-refractivity contribution >= 4 is 35.2 Å². The summed E-state index contributed by atoms with van der Waals surface area (Å²) in [5, 5.41) is 3.78. The first-order valence-corrected chi connectivity index (χ1v) is 12.4. The van der Waals surface area contributed by atoms with Gasteiger partial charge >= 0.3 is 0 Å². The number of halogens is 1. The summed E-state index contributed by atoms with van der Waals surface area (Å²) >= 11 is 7.88. The summed E-state index contributed by atoms with van der Waals surface area (Å²) < 4.78 is 0. The van der Waals surface area contributed by atoms with Crippen LogP contribution in [0, 0.1) is 6.92 Å². The molecule has 0 heterocycles. The molecule has 2 amide bonds. The van der Waals surface area contributed by atoms with E-state index in [0.29, 0.717) is 18.0 Å². The van der Waals surface area contributed by atoms with Crippen LogP contribution < -0.4 is 5.32 Å². The predicted molar refractivity (Wildman–Crippen MR) is 128 cm³/mol. The highest BCUT2D eigenvalue weighted by atomic mass is 35.5. The van der Waals surface area contributed by atoms with E-state index in [2.05, 4.69) is 5.32 Å². The Hall–Kier alpha value is -1.98. The van der Waals surface area contributed by atoms with E-state index in [1.54, 1.807) is 4.90 Å². The molecule has 1 aliphatic carbocycles. The van der Waals surface area contributed by atoms with Crippen LogP contribution >= 0.6 is 23.4 Å². The second-order valence-electron chi connectivity index (χ2n) is 8.13. The number of amides is 2. The summed E-state index contributed by atoms with van der Waals surface area (Å²) in [7, 11) is 0. The van der Waals surface area contributed by atoms with Crippen molar-refractivity contribution in [1.82, 2.24) is 10.2 Å². The molecule has 0 bridgehead atoms. The van der Waals surface area contributed by atoms with Gasteiger partial charge in [-0.3, -0.25) is 9.59 Å². The van der Waals surface area contributed by atoms with Crippen molar-refractivity contribution in [2.45, 2.75) is 69.5 Å². The fraction of sp³-hybridized carbons (Fsp3) is 0.440. The summed E-state index contributed by atoms with van der Waals surface area (Å²) in [5.41, 5.74) is 2.04. The smallest absolute Gasteiger partial charge is 0.243 e. The Kier molecular flexibility index (Phi) is 8.85. The molecule has 2 aromatic rings. The molecule has 1 aliphatic rings. The molecule has 0 saturated heterocycles. The monoisotopic (exact) mass is 458 g/mol. The number of hydrogen-bond donors (Lipinski definition) is 1. The average molecular weight is 459 g/mol. The third-order valence-electron chi connectivity index (χ3n) is 5.77. The van der Waals surface area contributed by atoms with Crippen molar-refractivity contribution in [3.63, 3.8) is 0 Å². The summed E-state index contributed by atoms with van der Waals surface area (Å²) in [6.07, 6.45) is 4.89. The number of carbonyl (C=O) groups is 2. The van der Waals surface area contributed by atoms with Gasteiger partial charge in [0.15, 0.2) is 0 Å².